The fourth-order valence-corrected chi connectivity index (χ4v) is 2.82. The van der Waals surface area contributed by atoms with Crippen molar-refractivity contribution in [1.29, 1.82) is 0 Å². The summed E-state index contributed by atoms with van der Waals surface area (Å²) in [5, 5.41) is 2.58. The Labute approximate surface area is 119 Å². The molecule has 0 radical (unpaired) electrons. The van der Waals surface area contributed by atoms with Gasteiger partial charge < -0.3 is 5.32 Å². The monoisotopic (exact) mass is 304 g/mol. The summed E-state index contributed by atoms with van der Waals surface area (Å²) in [5.74, 6) is -3.48. The molecular formula is C14H16F4N2O. The second-order valence-corrected chi connectivity index (χ2v) is 5.39. The van der Waals surface area contributed by atoms with Crippen LogP contribution < -0.4 is 5.32 Å². The number of nitrogens with zero attached hydrogens (tertiary/aromatic N) is 1. The molecule has 1 aliphatic carbocycles. The lowest BCUT2D eigenvalue weighted by atomic mass is 9.76. The van der Waals surface area contributed by atoms with Gasteiger partial charge in [-0.2, -0.15) is 17.6 Å². The van der Waals surface area contributed by atoms with E-state index in [0.29, 0.717) is 12.8 Å². The highest BCUT2D eigenvalue weighted by Gasteiger charge is 2.47. The number of nitrogens with one attached hydrogen (secondary N) is 1. The fourth-order valence-electron chi connectivity index (χ4n) is 2.82. The van der Waals surface area contributed by atoms with Crippen LogP contribution >= 0.6 is 0 Å². The number of amides is 1. The maximum Gasteiger partial charge on any atom is 0.392 e. The highest BCUT2D eigenvalue weighted by atomic mass is 19.4. The molecule has 0 spiro atoms. The number of rotatable bonds is 2. The second kappa shape index (κ2) is 5.99. The third-order valence-electron chi connectivity index (χ3n) is 4.03. The number of alkyl halides is 3. The molecule has 1 heterocycles. The van der Waals surface area contributed by atoms with Crippen molar-refractivity contribution >= 4 is 5.91 Å². The molecule has 0 saturated heterocycles. The smallest absolute Gasteiger partial charge is 0.349 e. The molecule has 0 aliphatic heterocycles. The number of halogens is 4. The Morgan fingerprint density at radius 2 is 2.10 bits per heavy atom. The number of aromatic nitrogens is 1. The van der Waals surface area contributed by atoms with Crippen molar-refractivity contribution in [2.75, 3.05) is 0 Å². The van der Waals surface area contributed by atoms with E-state index < -0.39 is 35.9 Å². The molecule has 1 amide bonds. The molecule has 1 N–H and O–H groups in total. The number of carbonyl (C=O) groups excluding carboxylic acids is 1. The van der Waals surface area contributed by atoms with Crippen molar-refractivity contribution in [3.05, 3.63) is 29.8 Å². The van der Waals surface area contributed by atoms with Gasteiger partial charge in [-0.3, -0.25) is 4.79 Å². The summed E-state index contributed by atoms with van der Waals surface area (Å²) in [6.07, 6.45) is -2.13. The molecule has 3 nitrogen and oxygen atoms in total. The maximum absolute atomic E-state index is 13.0. The van der Waals surface area contributed by atoms with Crippen LogP contribution in [0.25, 0.3) is 0 Å². The van der Waals surface area contributed by atoms with Crippen LogP contribution in [0, 0.1) is 17.8 Å². The first-order valence-electron chi connectivity index (χ1n) is 6.78. The molecule has 1 saturated carbocycles. The van der Waals surface area contributed by atoms with E-state index in [2.05, 4.69) is 10.3 Å². The Balaban J connectivity index is 2.07. The van der Waals surface area contributed by atoms with E-state index in [1.165, 1.54) is 13.0 Å². The SMILES string of the molecule is C[C@H]1[C@@H](NC(=O)c2ccnc(F)c2)CCC[C@H]1C(F)(F)F. The van der Waals surface area contributed by atoms with Gasteiger partial charge in [-0.25, -0.2) is 4.98 Å². The number of pyridine rings is 1. The third-order valence-corrected chi connectivity index (χ3v) is 4.03. The quantitative estimate of drug-likeness (QED) is 0.673. The zero-order valence-electron chi connectivity index (χ0n) is 11.5. The lowest BCUT2D eigenvalue weighted by molar-refractivity contribution is -0.196. The third kappa shape index (κ3) is 3.71. The molecule has 7 heteroatoms. The van der Waals surface area contributed by atoms with Crippen LogP contribution in [0.2, 0.25) is 0 Å². The number of hydrogen-bond acceptors (Lipinski definition) is 2. The van der Waals surface area contributed by atoms with Crippen LogP contribution in [-0.2, 0) is 0 Å². The summed E-state index contributed by atoms with van der Waals surface area (Å²) in [6.45, 7) is 1.50. The van der Waals surface area contributed by atoms with E-state index in [1.54, 1.807) is 0 Å². The van der Waals surface area contributed by atoms with Crippen LogP contribution in [0.3, 0.4) is 0 Å². The van der Waals surface area contributed by atoms with E-state index >= 15 is 0 Å². The number of carbonyl (C=O) groups is 1. The van der Waals surface area contributed by atoms with Crippen LogP contribution in [0.4, 0.5) is 17.6 Å². The minimum Gasteiger partial charge on any atom is -0.349 e. The molecule has 1 aromatic rings. The Bertz CT molecular complexity index is 518. The zero-order valence-corrected chi connectivity index (χ0v) is 11.5. The predicted molar refractivity (Wildman–Crippen MR) is 68.0 cm³/mol. The molecule has 0 aromatic carbocycles. The van der Waals surface area contributed by atoms with Crippen molar-refractivity contribution < 1.29 is 22.4 Å². The average Bonchev–Trinajstić information content (AvgIpc) is 2.39. The van der Waals surface area contributed by atoms with Crippen molar-refractivity contribution in [2.24, 2.45) is 11.8 Å². The van der Waals surface area contributed by atoms with Crippen LogP contribution in [0.5, 0.6) is 0 Å². The van der Waals surface area contributed by atoms with Gasteiger partial charge in [0.15, 0.2) is 0 Å². The minimum absolute atomic E-state index is 0.0591. The van der Waals surface area contributed by atoms with E-state index in [4.69, 9.17) is 0 Å². The van der Waals surface area contributed by atoms with Crippen molar-refractivity contribution in [2.45, 2.75) is 38.4 Å². The normalized spacial score (nSPS) is 26.4. The Hall–Kier alpha value is -1.66. The molecule has 116 valence electrons. The molecule has 1 aliphatic rings. The minimum atomic E-state index is -4.26. The average molecular weight is 304 g/mol. The molecule has 2 rings (SSSR count). The summed E-state index contributed by atoms with van der Waals surface area (Å²) >= 11 is 0. The van der Waals surface area contributed by atoms with E-state index in [-0.39, 0.29) is 12.0 Å². The summed E-state index contributed by atoms with van der Waals surface area (Å²) in [7, 11) is 0. The van der Waals surface area contributed by atoms with Gasteiger partial charge in [0.05, 0.1) is 5.92 Å². The standard InChI is InChI=1S/C14H16F4N2O/c1-8-10(14(16,17)18)3-2-4-11(8)20-13(21)9-5-6-19-12(15)7-9/h5-8,10-11H,2-4H2,1H3,(H,20,21)/t8-,10-,11+/m1/s1. The Morgan fingerprint density at radius 3 is 2.71 bits per heavy atom. The van der Waals surface area contributed by atoms with Gasteiger partial charge in [0.25, 0.3) is 5.91 Å². The van der Waals surface area contributed by atoms with Crippen molar-refractivity contribution in [3.63, 3.8) is 0 Å². The van der Waals surface area contributed by atoms with Crippen molar-refractivity contribution in [3.8, 4) is 0 Å². The maximum atomic E-state index is 13.0. The van der Waals surface area contributed by atoms with Crippen LogP contribution in [-0.4, -0.2) is 23.1 Å². The first kappa shape index (κ1) is 15.7. The van der Waals surface area contributed by atoms with Gasteiger partial charge in [-0.05, 0) is 24.8 Å². The molecular weight excluding hydrogens is 288 g/mol. The van der Waals surface area contributed by atoms with E-state index in [9.17, 15) is 22.4 Å². The first-order valence-corrected chi connectivity index (χ1v) is 6.78. The van der Waals surface area contributed by atoms with Crippen LogP contribution in [0.1, 0.15) is 36.5 Å². The van der Waals surface area contributed by atoms with Gasteiger partial charge in [-0.1, -0.05) is 13.3 Å². The molecule has 0 bridgehead atoms. The van der Waals surface area contributed by atoms with Gasteiger partial charge in [-0.15, -0.1) is 0 Å². The van der Waals surface area contributed by atoms with Gasteiger partial charge in [0.1, 0.15) is 0 Å². The Kier molecular flexibility index (Phi) is 4.49. The van der Waals surface area contributed by atoms with Gasteiger partial charge in [0.2, 0.25) is 5.95 Å². The highest BCUT2D eigenvalue weighted by molar-refractivity contribution is 5.94. The summed E-state index contributed by atoms with van der Waals surface area (Å²) < 4.78 is 51.7. The lowest BCUT2D eigenvalue weighted by Crippen LogP contribution is -2.47. The molecule has 0 unspecified atom stereocenters. The van der Waals surface area contributed by atoms with Gasteiger partial charge >= 0.3 is 6.18 Å². The lowest BCUT2D eigenvalue weighted by Gasteiger charge is -2.37. The van der Waals surface area contributed by atoms with E-state index in [1.807, 2.05) is 0 Å². The van der Waals surface area contributed by atoms with Gasteiger partial charge in [0, 0.05) is 23.9 Å². The predicted octanol–water partition coefficient (Wildman–Crippen LogP) is 3.32. The van der Waals surface area contributed by atoms with E-state index in [0.717, 1.165) is 12.3 Å². The zero-order chi connectivity index (χ0) is 15.6. The first-order chi connectivity index (χ1) is 9.79. The molecule has 21 heavy (non-hydrogen) atoms. The fraction of sp³-hybridized carbons (Fsp3) is 0.571. The topological polar surface area (TPSA) is 42.0 Å². The van der Waals surface area contributed by atoms with Crippen molar-refractivity contribution in [1.82, 2.24) is 10.3 Å². The number of hydrogen-bond donors (Lipinski definition) is 1. The largest absolute Gasteiger partial charge is 0.392 e. The second-order valence-electron chi connectivity index (χ2n) is 5.39. The molecule has 3 atom stereocenters. The summed E-state index contributed by atoms with van der Waals surface area (Å²) in [6, 6.07) is 1.73. The molecule has 1 fully saturated rings. The molecule has 1 aromatic heterocycles. The highest BCUT2D eigenvalue weighted by Crippen LogP contribution is 2.41. The Morgan fingerprint density at radius 1 is 1.38 bits per heavy atom. The van der Waals surface area contributed by atoms with Crippen LogP contribution in [0.15, 0.2) is 18.3 Å². The summed E-state index contributed by atoms with van der Waals surface area (Å²) in [4.78, 5) is 15.3. The summed E-state index contributed by atoms with van der Waals surface area (Å²) in [5.41, 5.74) is 0.0591.